The molecule has 8 heteroatoms. The van der Waals surface area contributed by atoms with Gasteiger partial charge in [-0.05, 0) is 18.8 Å². The van der Waals surface area contributed by atoms with Gasteiger partial charge in [-0.2, -0.15) is 5.10 Å². The highest BCUT2D eigenvalue weighted by molar-refractivity contribution is 8.15. The van der Waals surface area contributed by atoms with Gasteiger partial charge in [0.25, 0.3) is 5.91 Å². The van der Waals surface area contributed by atoms with Crippen molar-refractivity contribution in [1.29, 1.82) is 0 Å². The molecule has 2 N–H and O–H groups in total. The van der Waals surface area contributed by atoms with Crippen molar-refractivity contribution in [3.8, 4) is 0 Å². The number of carbonyl (C=O) groups is 1. The van der Waals surface area contributed by atoms with E-state index in [0.717, 1.165) is 6.42 Å². The van der Waals surface area contributed by atoms with Crippen LogP contribution in [0.4, 0.5) is 0 Å². The molecule has 1 aromatic heterocycles. The molecule has 142 valence electrons. The predicted octanol–water partition coefficient (Wildman–Crippen LogP) is 3.51. The molecule has 1 amide bonds. The van der Waals surface area contributed by atoms with Crippen molar-refractivity contribution in [2.75, 3.05) is 19.3 Å². The lowest BCUT2D eigenvalue weighted by molar-refractivity contribution is -0.122. The monoisotopic (exact) mass is 395 g/mol. The van der Waals surface area contributed by atoms with Crippen molar-refractivity contribution in [2.45, 2.75) is 26.3 Å². The Kier molecular flexibility index (Phi) is 9.40. The number of rotatable bonds is 4. The van der Waals surface area contributed by atoms with Crippen LogP contribution in [0.1, 0.15) is 31.5 Å². The van der Waals surface area contributed by atoms with Crippen LogP contribution in [0.2, 0.25) is 0 Å². The number of thioether (sulfide) groups is 1. The van der Waals surface area contributed by atoms with Crippen LogP contribution in [0, 0.1) is 0 Å². The summed E-state index contributed by atoms with van der Waals surface area (Å²) in [6, 6.07) is 0.0262. The quantitative estimate of drug-likeness (QED) is 0.625. The molecule has 1 aromatic rings. The highest BCUT2D eigenvalue weighted by Gasteiger charge is 2.27. The molecule has 0 spiro atoms. The second kappa shape index (κ2) is 11.0. The first kappa shape index (κ1) is 22.2. The smallest absolute Gasteiger partial charge is 0.279 e. The zero-order valence-electron chi connectivity index (χ0n) is 15.5. The normalized spacial score (nSPS) is 17.6. The van der Waals surface area contributed by atoms with E-state index in [1.54, 1.807) is 34.3 Å². The molecular weight excluding hydrogens is 370 g/mol. The highest BCUT2D eigenvalue weighted by Crippen LogP contribution is 2.24. The van der Waals surface area contributed by atoms with E-state index in [1.165, 1.54) is 17.3 Å². The van der Waals surface area contributed by atoms with Crippen LogP contribution in [0.25, 0.3) is 18.0 Å². The molecule has 1 saturated heterocycles. The Labute approximate surface area is 164 Å². The van der Waals surface area contributed by atoms with Crippen molar-refractivity contribution in [1.82, 2.24) is 14.7 Å². The first-order valence-corrected chi connectivity index (χ1v) is 10.0. The first-order chi connectivity index (χ1) is 12.5. The van der Waals surface area contributed by atoms with Gasteiger partial charge in [0.2, 0.25) is 0 Å². The number of carbonyl (C=O) groups excluding carboxylic acids is 1. The summed E-state index contributed by atoms with van der Waals surface area (Å²) < 4.78 is 1.57. The lowest BCUT2D eigenvalue weighted by Gasteiger charge is -2.16. The minimum atomic E-state index is -0.136. The van der Waals surface area contributed by atoms with Crippen LogP contribution in [0.3, 0.4) is 0 Å². The number of hydrogen-bond acceptors (Lipinski definition) is 5. The summed E-state index contributed by atoms with van der Waals surface area (Å²) in [7, 11) is 0. The second-order valence-corrected chi connectivity index (χ2v) is 6.20. The Morgan fingerprint density at radius 2 is 2.19 bits per heavy atom. The van der Waals surface area contributed by atoms with E-state index in [2.05, 4.69) is 23.2 Å². The van der Waals surface area contributed by atoms with Crippen molar-refractivity contribution in [3.05, 3.63) is 36.1 Å². The SMILES string of the molecule is C=Cc1c(/C(=C\Cl)N=C(SC)C(=O)N2CCC(N)C2)cnn1C=C.CC. The molecule has 2 rings (SSSR count). The number of amides is 1. The van der Waals surface area contributed by atoms with Gasteiger partial charge in [-0.15, -0.1) is 11.8 Å². The van der Waals surface area contributed by atoms with Gasteiger partial charge < -0.3 is 10.6 Å². The van der Waals surface area contributed by atoms with Crippen molar-refractivity contribution in [3.63, 3.8) is 0 Å². The number of halogens is 1. The Hall–Kier alpha value is -1.83. The number of likely N-dealkylation sites (tertiary alicyclic amines) is 1. The number of hydrogen-bond donors (Lipinski definition) is 1. The topological polar surface area (TPSA) is 76.5 Å². The van der Waals surface area contributed by atoms with Crippen molar-refractivity contribution in [2.24, 2.45) is 10.7 Å². The van der Waals surface area contributed by atoms with Crippen LogP contribution in [0.15, 0.2) is 29.9 Å². The highest BCUT2D eigenvalue weighted by atomic mass is 35.5. The predicted molar refractivity (Wildman–Crippen MR) is 114 cm³/mol. The third-order valence-corrected chi connectivity index (χ3v) is 4.55. The maximum absolute atomic E-state index is 12.6. The minimum Gasteiger partial charge on any atom is -0.335 e. The third-order valence-electron chi connectivity index (χ3n) is 3.69. The standard InChI is InChI=1S/C16H20ClN5OS.C2H6/c1-4-14-12(9-19-22(14)5-2)13(8-17)20-15(24-3)16(23)21-7-6-11(18)10-21;1-2/h4-5,8-9,11H,1-2,6-7,10,18H2,3H3;1-2H3/b13-8+,20-15?;. The molecule has 2 heterocycles. The average molecular weight is 396 g/mol. The molecule has 26 heavy (non-hydrogen) atoms. The van der Waals surface area contributed by atoms with E-state index in [-0.39, 0.29) is 11.9 Å². The summed E-state index contributed by atoms with van der Waals surface area (Å²) in [6.45, 7) is 12.7. The largest absolute Gasteiger partial charge is 0.335 e. The van der Waals surface area contributed by atoms with Crippen LogP contribution in [-0.2, 0) is 4.79 Å². The molecule has 1 aliphatic rings. The van der Waals surface area contributed by atoms with Gasteiger partial charge >= 0.3 is 0 Å². The Bertz CT molecular complexity index is 710. The minimum absolute atomic E-state index is 0.0262. The van der Waals surface area contributed by atoms with Gasteiger partial charge in [0.15, 0.2) is 5.04 Å². The van der Waals surface area contributed by atoms with E-state index in [1.807, 2.05) is 13.8 Å². The third kappa shape index (κ3) is 5.09. The van der Waals surface area contributed by atoms with Crippen LogP contribution in [-0.4, -0.2) is 51.0 Å². The van der Waals surface area contributed by atoms with Crippen molar-refractivity contribution < 1.29 is 4.79 Å². The van der Waals surface area contributed by atoms with Crippen LogP contribution < -0.4 is 5.73 Å². The summed E-state index contributed by atoms with van der Waals surface area (Å²) in [5, 5.41) is 4.54. The average Bonchev–Trinajstić information content (AvgIpc) is 3.29. The van der Waals surface area contributed by atoms with E-state index in [0.29, 0.717) is 35.1 Å². The van der Waals surface area contributed by atoms with Gasteiger partial charge in [0, 0.05) is 36.4 Å². The van der Waals surface area contributed by atoms with Gasteiger partial charge in [0.1, 0.15) is 0 Å². The van der Waals surface area contributed by atoms with Gasteiger partial charge in [0.05, 0.1) is 17.6 Å². The van der Waals surface area contributed by atoms with Gasteiger partial charge in [-0.3, -0.25) is 4.79 Å². The lowest BCUT2D eigenvalue weighted by Crippen LogP contribution is -2.35. The molecular formula is C18H26ClN5OS. The van der Waals surface area contributed by atoms with Gasteiger partial charge in [-0.1, -0.05) is 38.6 Å². The fraction of sp³-hybridized carbons (Fsp3) is 0.389. The second-order valence-electron chi connectivity index (χ2n) is 5.19. The van der Waals surface area contributed by atoms with E-state index in [4.69, 9.17) is 17.3 Å². The molecule has 0 aliphatic carbocycles. The number of aromatic nitrogens is 2. The lowest BCUT2D eigenvalue weighted by atomic mass is 10.2. The van der Waals surface area contributed by atoms with Crippen LogP contribution >= 0.6 is 23.4 Å². The molecule has 0 saturated carbocycles. The molecule has 6 nitrogen and oxygen atoms in total. The molecule has 0 radical (unpaired) electrons. The summed E-state index contributed by atoms with van der Waals surface area (Å²) in [5.41, 5.74) is 9.03. The fourth-order valence-electron chi connectivity index (χ4n) is 2.46. The fourth-order valence-corrected chi connectivity index (χ4v) is 3.12. The number of nitrogens with zero attached hydrogens (tertiary/aromatic N) is 4. The zero-order chi connectivity index (χ0) is 19.7. The molecule has 0 aromatic carbocycles. The maximum atomic E-state index is 12.6. The molecule has 0 bridgehead atoms. The first-order valence-electron chi connectivity index (χ1n) is 8.36. The number of nitrogens with two attached hydrogens (primary N) is 1. The maximum Gasteiger partial charge on any atom is 0.279 e. The Balaban J connectivity index is 0.00000163. The molecule has 1 unspecified atom stereocenters. The summed E-state index contributed by atoms with van der Waals surface area (Å²) in [5.74, 6) is -0.136. The zero-order valence-corrected chi connectivity index (χ0v) is 17.1. The summed E-state index contributed by atoms with van der Waals surface area (Å²) in [4.78, 5) is 18.8. The molecule has 1 atom stereocenters. The Morgan fingerprint density at radius 3 is 2.65 bits per heavy atom. The van der Waals surface area contributed by atoms with E-state index >= 15 is 0 Å². The molecule has 1 fully saturated rings. The van der Waals surface area contributed by atoms with E-state index in [9.17, 15) is 4.79 Å². The molecule has 1 aliphatic heterocycles. The van der Waals surface area contributed by atoms with Crippen LogP contribution in [0.5, 0.6) is 0 Å². The van der Waals surface area contributed by atoms with Crippen molar-refractivity contribution >= 4 is 52.3 Å². The Morgan fingerprint density at radius 1 is 1.50 bits per heavy atom. The van der Waals surface area contributed by atoms with E-state index < -0.39 is 0 Å². The van der Waals surface area contributed by atoms with Gasteiger partial charge in [-0.25, -0.2) is 9.67 Å². The number of aliphatic imine (C=N–C) groups is 1. The summed E-state index contributed by atoms with van der Waals surface area (Å²) in [6.07, 6.45) is 7.42. The summed E-state index contributed by atoms with van der Waals surface area (Å²) >= 11 is 7.23.